The summed E-state index contributed by atoms with van der Waals surface area (Å²) in [5.41, 5.74) is 3.51. The number of carbonyl (C=O) groups is 1. The van der Waals surface area contributed by atoms with Gasteiger partial charge < -0.3 is 9.84 Å². The number of ether oxygens (including phenoxy) is 1. The van der Waals surface area contributed by atoms with Gasteiger partial charge in [-0.1, -0.05) is 23.7 Å². The first-order chi connectivity index (χ1) is 12.6. The minimum Gasteiger partial charge on any atom is -0.479 e. The third-order valence-electron chi connectivity index (χ3n) is 4.13. The van der Waals surface area contributed by atoms with Crippen LogP contribution in [0.5, 0.6) is 0 Å². The second-order valence-electron chi connectivity index (χ2n) is 7.52. The monoisotopic (exact) mass is 403 g/mol. The van der Waals surface area contributed by atoms with Gasteiger partial charge in [-0.25, -0.2) is 9.78 Å². The Hall–Kier alpha value is -1.95. The number of aliphatic carboxylic acids is 1. The molecule has 0 saturated carbocycles. The fourth-order valence-corrected chi connectivity index (χ4v) is 4.25. The summed E-state index contributed by atoms with van der Waals surface area (Å²) in [6, 6.07) is 9.37. The maximum absolute atomic E-state index is 12.2. The van der Waals surface area contributed by atoms with Crippen LogP contribution in [0.1, 0.15) is 43.0 Å². The van der Waals surface area contributed by atoms with Crippen molar-refractivity contribution in [2.45, 2.75) is 46.3 Å². The summed E-state index contributed by atoms with van der Waals surface area (Å²) in [5.74, 6) is -1.01. The van der Waals surface area contributed by atoms with Crippen LogP contribution in [0.2, 0.25) is 5.02 Å². The summed E-state index contributed by atoms with van der Waals surface area (Å²) < 4.78 is 6.92. The molecule has 0 bridgehead atoms. The molecule has 0 fully saturated rings. The van der Waals surface area contributed by atoms with Crippen molar-refractivity contribution in [1.82, 2.24) is 4.98 Å². The zero-order valence-corrected chi connectivity index (χ0v) is 17.5. The van der Waals surface area contributed by atoms with Crippen LogP contribution in [0.4, 0.5) is 0 Å². The van der Waals surface area contributed by atoms with E-state index >= 15 is 0 Å². The summed E-state index contributed by atoms with van der Waals surface area (Å²) in [6.07, 6.45) is -1.08. The van der Waals surface area contributed by atoms with Crippen LogP contribution >= 0.6 is 22.9 Å². The number of thiazole rings is 1. The van der Waals surface area contributed by atoms with E-state index in [4.69, 9.17) is 16.3 Å². The molecule has 0 amide bonds. The lowest BCUT2D eigenvalue weighted by atomic mass is 9.91. The number of hydrogen-bond acceptors (Lipinski definition) is 4. The van der Waals surface area contributed by atoms with Gasteiger partial charge in [0.1, 0.15) is 0 Å². The van der Waals surface area contributed by atoms with E-state index in [1.165, 1.54) is 0 Å². The van der Waals surface area contributed by atoms with Gasteiger partial charge in [-0.05, 0) is 63.9 Å². The molecule has 27 heavy (non-hydrogen) atoms. The first-order valence-electron chi connectivity index (χ1n) is 8.64. The highest BCUT2D eigenvalue weighted by Gasteiger charge is 2.32. The van der Waals surface area contributed by atoms with Gasteiger partial charge in [0.15, 0.2) is 6.10 Å². The van der Waals surface area contributed by atoms with Crippen molar-refractivity contribution >= 4 is 39.1 Å². The van der Waals surface area contributed by atoms with Crippen molar-refractivity contribution in [2.24, 2.45) is 0 Å². The van der Waals surface area contributed by atoms with Crippen LogP contribution < -0.4 is 0 Å². The van der Waals surface area contributed by atoms with Crippen LogP contribution in [-0.2, 0) is 9.53 Å². The smallest absolute Gasteiger partial charge is 0.337 e. The molecule has 0 saturated heterocycles. The number of rotatable bonds is 4. The molecular formula is C21H22ClNO3S. The third kappa shape index (κ3) is 4.15. The van der Waals surface area contributed by atoms with Gasteiger partial charge in [-0.3, -0.25) is 0 Å². The molecule has 2 aromatic carbocycles. The number of benzene rings is 2. The predicted molar refractivity (Wildman–Crippen MR) is 111 cm³/mol. The number of fused-ring (bicyclic) bond motifs is 1. The van der Waals surface area contributed by atoms with Crippen molar-refractivity contribution in [3.63, 3.8) is 0 Å². The summed E-state index contributed by atoms with van der Waals surface area (Å²) in [6.45, 7) is 9.43. The first-order valence-corrected chi connectivity index (χ1v) is 9.83. The number of aryl methyl sites for hydroxylation is 2. The molecule has 142 valence electrons. The molecule has 1 aromatic heterocycles. The standard InChI is InChI=1S/C21H22ClNO3S/c1-11-10-15-19(27-12(2)23-15)17(13-6-8-14(22)9-7-13)16(11)18(20(24)25)26-21(3,4)5/h6-10,18H,1-5H3,(H,24,25). The van der Waals surface area contributed by atoms with Crippen molar-refractivity contribution < 1.29 is 14.6 Å². The Balaban J connectivity index is 2.36. The summed E-state index contributed by atoms with van der Waals surface area (Å²) in [4.78, 5) is 16.8. The third-order valence-corrected chi connectivity index (χ3v) is 5.38. The van der Waals surface area contributed by atoms with Gasteiger partial charge in [0.05, 0.1) is 20.8 Å². The zero-order valence-electron chi connectivity index (χ0n) is 16.0. The molecule has 3 rings (SSSR count). The predicted octanol–water partition coefficient (Wildman–Crippen LogP) is 6.17. The molecular weight excluding hydrogens is 382 g/mol. The van der Waals surface area contributed by atoms with E-state index < -0.39 is 17.7 Å². The molecule has 0 aliphatic heterocycles. The van der Waals surface area contributed by atoms with Crippen LogP contribution in [0, 0.1) is 13.8 Å². The van der Waals surface area contributed by atoms with E-state index in [0.29, 0.717) is 10.6 Å². The zero-order chi connectivity index (χ0) is 19.9. The quantitative estimate of drug-likeness (QED) is 0.565. The highest BCUT2D eigenvalue weighted by Crippen LogP contribution is 2.42. The summed E-state index contributed by atoms with van der Waals surface area (Å²) in [7, 11) is 0. The number of carboxylic acid groups (broad SMARTS) is 1. The van der Waals surface area contributed by atoms with Crippen LogP contribution in [-0.4, -0.2) is 21.7 Å². The molecule has 6 heteroatoms. The van der Waals surface area contributed by atoms with Gasteiger partial charge in [-0.15, -0.1) is 11.3 Å². The van der Waals surface area contributed by atoms with Crippen molar-refractivity contribution in [2.75, 3.05) is 0 Å². The molecule has 0 aliphatic carbocycles. The van der Waals surface area contributed by atoms with Crippen molar-refractivity contribution in [3.05, 3.63) is 51.5 Å². The summed E-state index contributed by atoms with van der Waals surface area (Å²) in [5, 5.41) is 11.5. The van der Waals surface area contributed by atoms with Crippen LogP contribution in [0.3, 0.4) is 0 Å². The van der Waals surface area contributed by atoms with Gasteiger partial charge in [-0.2, -0.15) is 0 Å². The average molecular weight is 404 g/mol. The van der Waals surface area contributed by atoms with E-state index in [1.807, 2.05) is 65.0 Å². The Morgan fingerprint density at radius 3 is 2.41 bits per heavy atom. The fraction of sp³-hybridized carbons (Fsp3) is 0.333. The van der Waals surface area contributed by atoms with Crippen molar-refractivity contribution in [1.29, 1.82) is 0 Å². The lowest BCUT2D eigenvalue weighted by Gasteiger charge is -2.28. The van der Waals surface area contributed by atoms with Gasteiger partial charge in [0.25, 0.3) is 0 Å². The lowest BCUT2D eigenvalue weighted by Crippen LogP contribution is -2.28. The molecule has 1 atom stereocenters. The number of aromatic nitrogens is 1. The van der Waals surface area contributed by atoms with Gasteiger partial charge in [0.2, 0.25) is 0 Å². The highest BCUT2D eigenvalue weighted by atomic mass is 35.5. The van der Waals surface area contributed by atoms with Crippen LogP contribution in [0.15, 0.2) is 30.3 Å². The largest absolute Gasteiger partial charge is 0.479 e. The molecule has 1 N–H and O–H groups in total. The molecule has 4 nitrogen and oxygen atoms in total. The van der Waals surface area contributed by atoms with E-state index in [1.54, 1.807) is 11.3 Å². The normalized spacial score (nSPS) is 13.1. The van der Waals surface area contributed by atoms with E-state index in [-0.39, 0.29) is 0 Å². The Kier molecular flexibility index (Phi) is 5.30. The average Bonchev–Trinajstić information content (AvgIpc) is 2.91. The molecule has 0 aliphatic rings. The number of nitrogens with zero attached hydrogens (tertiary/aromatic N) is 1. The maximum Gasteiger partial charge on any atom is 0.337 e. The number of carboxylic acids is 1. The van der Waals surface area contributed by atoms with E-state index in [2.05, 4.69) is 4.98 Å². The molecule has 1 heterocycles. The highest BCUT2D eigenvalue weighted by molar-refractivity contribution is 7.19. The Morgan fingerprint density at radius 2 is 1.85 bits per heavy atom. The molecule has 3 aromatic rings. The van der Waals surface area contributed by atoms with E-state index in [9.17, 15) is 9.90 Å². The second kappa shape index (κ2) is 7.23. The number of hydrogen-bond donors (Lipinski definition) is 1. The topological polar surface area (TPSA) is 59.4 Å². The van der Waals surface area contributed by atoms with Crippen molar-refractivity contribution in [3.8, 4) is 11.1 Å². The van der Waals surface area contributed by atoms with Gasteiger partial charge >= 0.3 is 5.97 Å². The van der Waals surface area contributed by atoms with E-state index in [0.717, 1.165) is 31.9 Å². The Morgan fingerprint density at radius 1 is 1.22 bits per heavy atom. The van der Waals surface area contributed by atoms with Gasteiger partial charge in [0, 0.05) is 16.1 Å². The molecule has 1 unspecified atom stereocenters. The fourth-order valence-electron chi connectivity index (χ4n) is 3.15. The SMILES string of the molecule is Cc1nc2cc(C)c(C(OC(C)(C)C)C(=O)O)c(-c3ccc(Cl)cc3)c2s1. The van der Waals surface area contributed by atoms with Crippen LogP contribution in [0.25, 0.3) is 21.3 Å². The maximum atomic E-state index is 12.2. The minimum atomic E-state index is -1.08. The molecule has 0 radical (unpaired) electrons. The summed E-state index contributed by atoms with van der Waals surface area (Å²) >= 11 is 7.62. The second-order valence-corrected chi connectivity index (χ2v) is 9.16. The first kappa shape index (κ1) is 19.8. The Labute approximate surface area is 167 Å². The Bertz CT molecular complexity index is 1000. The molecule has 0 spiro atoms. The lowest BCUT2D eigenvalue weighted by molar-refractivity contribution is -0.160. The number of halogens is 1. The minimum absolute atomic E-state index is 0.606.